The maximum absolute atomic E-state index is 12.7. The van der Waals surface area contributed by atoms with Gasteiger partial charge < -0.3 is 4.90 Å². The van der Waals surface area contributed by atoms with Crippen LogP contribution in [0.2, 0.25) is 0 Å². The number of fused-ring (bicyclic) bond motifs is 1. The van der Waals surface area contributed by atoms with Crippen LogP contribution < -0.4 is 0 Å². The van der Waals surface area contributed by atoms with E-state index in [2.05, 4.69) is 36.9 Å². The van der Waals surface area contributed by atoms with Crippen molar-refractivity contribution in [1.29, 1.82) is 0 Å². The first-order valence-corrected chi connectivity index (χ1v) is 9.65. The Kier molecular flexibility index (Phi) is 5.69. The molecule has 1 heterocycles. The molecule has 26 heavy (non-hydrogen) atoms. The zero-order valence-electron chi connectivity index (χ0n) is 15.7. The first-order valence-electron chi connectivity index (χ1n) is 8.83. The number of thiazole rings is 1. The van der Waals surface area contributed by atoms with E-state index in [1.54, 1.807) is 11.3 Å². The van der Waals surface area contributed by atoms with E-state index in [9.17, 15) is 4.79 Å². The molecule has 1 aromatic heterocycles. The van der Waals surface area contributed by atoms with E-state index in [0.717, 1.165) is 16.1 Å². The minimum Gasteiger partial charge on any atom is -0.338 e. The molecule has 0 fully saturated rings. The monoisotopic (exact) mass is 367 g/mol. The highest BCUT2D eigenvalue weighted by molar-refractivity contribution is 7.18. The topological polar surface area (TPSA) is 36.4 Å². The minimum absolute atomic E-state index is 0.0508. The molecule has 5 heteroatoms. The number of hydrogen-bond donors (Lipinski definition) is 0. The lowest BCUT2D eigenvalue weighted by atomic mass is 10.1. The number of aromatic nitrogens is 1. The van der Waals surface area contributed by atoms with Gasteiger partial charge in [0.2, 0.25) is 5.91 Å². The van der Waals surface area contributed by atoms with Crippen LogP contribution in [-0.4, -0.2) is 41.3 Å². The van der Waals surface area contributed by atoms with E-state index < -0.39 is 0 Å². The summed E-state index contributed by atoms with van der Waals surface area (Å²) in [6.07, 6.45) is 0. The first-order chi connectivity index (χ1) is 12.5. The molecular formula is C21H25N3OS. The molecule has 0 saturated carbocycles. The second kappa shape index (κ2) is 7.98. The van der Waals surface area contributed by atoms with Gasteiger partial charge in [0.15, 0.2) is 0 Å². The summed E-state index contributed by atoms with van der Waals surface area (Å²) < 4.78 is 1.18. The van der Waals surface area contributed by atoms with Crippen molar-refractivity contribution in [2.45, 2.75) is 25.9 Å². The van der Waals surface area contributed by atoms with Gasteiger partial charge in [0.05, 0.1) is 28.8 Å². The molecule has 0 unspecified atom stereocenters. The summed E-state index contributed by atoms with van der Waals surface area (Å²) in [5.41, 5.74) is 2.17. The van der Waals surface area contributed by atoms with Gasteiger partial charge in [0.25, 0.3) is 0 Å². The maximum atomic E-state index is 12.7. The Hall–Kier alpha value is -2.24. The highest BCUT2D eigenvalue weighted by atomic mass is 32.1. The van der Waals surface area contributed by atoms with Crippen LogP contribution in [0.25, 0.3) is 10.2 Å². The van der Waals surface area contributed by atoms with Gasteiger partial charge >= 0.3 is 0 Å². The fraction of sp³-hybridized carbons (Fsp3) is 0.333. The van der Waals surface area contributed by atoms with E-state index >= 15 is 0 Å². The average Bonchev–Trinajstić information content (AvgIpc) is 3.10. The Morgan fingerprint density at radius 3 is 2.35 bits per heavy atom. The predicted molar refractivity (Wildman–Crippen MR) is 108 cm³/mol. The zero-order chi connectivity index (χ0) is 18.7. The van der Waals surface area contributed by atoms with Crippen LogP contribution >= 0.6 is 11.3 Å². The molecular weight excluding hydrogens is 342 g/mol. The lowest BCUT2D eigenvalue weighted by Gasteiger charge is -2.29. The smallest absolute Gasteiger partial charge is 0.237 e. The lowest BCUT2D eigenvalue weighted by Crippen LogP contribution is -2.38. The van der Waals surface area contributed by atoms with E-state index in [1.807, 2.05) is 55.4 Å². The highest BCUT2D eigenvalue weighted by Crippen LogP contribution is 2.29. The number of rotatable bonds is 6. The van der Waals surface area contributed by atoms with Crippen LogP contribution in [0.15, 0.2) is 54.6 Å². The quantitative estimate of drug-likeness (QED) is 0.643. The largest absolute Gasteiger partial charge is 0.338 e. The Morgan fingerprint density at radius 1 is 1.00 bits per heavy atom. The van der Waals surface area contributed by atoms with Gasteiger partial charge in [-0.2, -0.15) is 0 Å². The minimum atomic E-state index is 0.0508. The normalized spacial score (nSPS) is 13.7. The molecule has 3 aromatic rings. The van der Waals surface area contributed by atoms with Crippen molar-refractivity contribution in [2.75, 3.05) is 20.6 Å². The van der Waals surface area contributed by atoms with Gasteiger partial charge in [0.1, 0.15) is 5.01 Å². The van der Waals surface area contributed by atoms with E-state index in [0.29, 0.717) is 6.54 Å². The molecule has 2 aromatic carbocycles. The van der Waals surface area contributed by atoms with Gasteiger partial charge in [-0.1, -0.05) is 42.5 Å². The average molecular weight is 368 g/mol. The molecule has 0 spiro atoms. The number of carbonyl (C=O) groups is 1. The molecule has 0 aliphatic heterocycles. The Labute approximate surface area is 159 Å². The first kappa shape index (κ1) is 18.5. The molecule has 136 valence electrons. The van der Waals surface area contributed by atoms with Crippen molar-refractivity contribution in [3.63, 3.8) is 0 Å². The summed E-state index contributed by atoms with van der Waals surface area (Å²) in [5, 5.41) is 1.04. The van der Waals surface area contributed by atoms with Gasteiger partial charge in [-0.25, -0.2) is 4.98 Å². The molecule has 0 aliphatic carbocycles. The van der Waals surface area contributed by atoms with Crippen molar-refractivity contribution in [3.8, 4) is 0 Å². The summed E-state index contributed by atoms with van der Waals surface area (Å²) in [4.78, 5) is 21.3. The second-order valence-electron chi connectivity index (χ2n) is 6.70. The van der Waals surface area contributed by atoms with Crippen molar-refractivity contribution >= 4 is 27.5 Å². The molecule has 0 radical (unpaired) electrons. The van der Waals surface area contributed by atoms with Crippen molar-refractivity contribution in [1.82, 2.24) is 14.8 Å². The van der Waals surface area contributed by atoms with Gasteiger partial charge in [-0.15, -0.1) is 11.3 Å². The molecule has 0 aliphatic rings. The number of benzene rings is 2. The number of nitrogens with zero attached hydrogens (tertiary/aromatic N) is 3. The third-order valence-corrected chi connectivity index (χ3v) is 6.18. The molecule has 1 amide bonds. The van der Waals surface area contributed by atoms with Crippen LogP contribution in [-0.2, 0) is 4.79 Å². The number of likely N-dealkylation sites (N-methyl/N-ethyl adjacent to an activating group) is 2. The summed E-state index contributed by atoms with van der Waals surface area (Å²) in [5.74, 6) is 0.108. The van der Waals surface area contributed by atoms with Gasteiger partial charge in [-0.3, -0.25) is 9.69 Å². The third kappa shape index (κ3) is 3.94. The Bertz CT molecular complexity index is 844. The molecule has 0 N–H and O–H groups in total. The summed E-state index contributed by atoms with van der Waals surface area (Å²) in [6.45, 7) is 4.53. The molecule has 0 bridgehead atoms. The van der Waals surface area contributed by atoms with Crippen LogP contribution in [0, 0.1) is 0 Å². The second-order valence-corrected chi connectivity index (χ2v) is 7.76. The van der Waals surface area contributed by atoms with Gasteiger partial charge in [0, 0.05) is 7.05 Å². The van der Waals surface area contributed by atoms with E-state index in [1.165, 1.54) is 4.70 Å². The molecule has 2 atom stereocenters. The van der Waals surface area contributed by atoms with E-state index in [4.69, 9.17) is 4.98 Å². The fourth-order valence-corrected chi connectivity index (χ4v) is 3.97. The van der Waals surface area contributed by atoms with Crippen molar-refractivity contribution in [2.24, 2.45) is 0 Å². The number of amides is 1. The molecule has 4 nitrogen and oxygen atoms in total. The third-order valence-electron chi connectivity index (χ3n) is 4.97. The summed E-state index contributed by atoms with van der Waals surface area (Å²) in [6, 6.07) is 18.4. The summed E-state index contributed by atoms with van der Waals surface area (Å²) >= 11 is 1.69. The van der Waals surface area contributed by atoms with Crippen LogP contribution in [0.4, 0.5) is 0 Å². The van der Waals surface area contributed by atoms with Crippen molar-refractivity contribution in [3.05, 3.63) is 65.2 Å². The van der Waals surface area contributed by atoms with Gasteiger partial charge in [-0.05, 0) is 38.6 Å². The van der Waals surface area contributed by atoms with E-state index in [-0.39, 0.29) is 18.0 Å². The number of carbonyl (C=O) groups excluding carboxylic acids is 1. The molecule has 3 rings (SSSR count). The van der Waals surface area contributed by atoms with Crippen molar-refractivity contribution < 1.29 is 4.79 Å². The zero-order valence-corrected chi connectivity index (χ0v) is 16.5. The van der Waals surface area contributed by atoms with Crippen LogP contribution in [0.1, 0.15) is 36.5 Å². The van der Waals surface area contributed by atoms with Crippen LogP contribution in [0.3, 0.4) is 0 Å². The summed E-state index contributed by atoms with van der Waals surface area (Å²) in [7, 11) is 3.85. The SMILES string of the molecule is C[C@@H](c1nc2ccccc2s1)N(C)CC(=O)N(C)[C@@H](C)c1ccccc1. The predicted octanol–water partition coefficient (Wildman–Crippen LogP) is 4.51. The number of para-hydroxylation sites is 1. The Morgan fingerprint density at radius 2 is 1.65 bits per heavy atom. The standard InChI is InChI=1S/C21H25N3OS/c1-15(17-10-6-5-7-11-17)24(4)20(25)14-23(3)16(2)21-22-18-12-8-9-13-19(18)26-21/h5-13,15-16H,14H2,1-4H3/t15-,16-/m0/s1. The Balaban J connectivity index is 1.66. The number of hydrogen-bond acceptors (Lipinski definition) is 4. The fourth-order valence-electron chi connectivity index (χ4n) is 2.89. The molecule has 0 saturated heterocycles. The maximum Gasteiger partial charge on any atom is 0.237 e. The van der Waals surface area contributed by atoms with Crippen LogP contribution in [0.5, 0.6) is 0 Å². The highest BCUT2D eigenvalue weighted by Gasteiger charge is 2.22. The lowest BCUT2D eigenvalue weighted by molar-refractivity contribution is -0.133.